The number of fused-ring (bicyclic) bond motifs is 1. The minimum absolute atomic E-state index is 0.00955. The molecule has 0 N–H and O–H groups in total. The standard InChI is InChI=1S/C37H38F4N4O2S/c1-4-43(5-2)20-21-44(22-27-6-11-28(12-7-27)29-13-15-30(16-14-29)37(39,40)41)33(46)23-45-32(19-10-26-8-17-31(38)18-9-26)42-35(47)34-25(3)24-48-36(34)45/h6-9,11-18,24H,4-5,10,19-23H2,1-3H3. The van der Waals surface area contributed by atoms with Gasteiger partial charge in [-0.3, -0.25) is 9.59 Å². The Kier molecular flexibility index (Phi) is 11.1. The first kappa shape index (κ1) is 35.0. The number of aryl methyl sites for hydroxylation is 3. The van der Waals surface area contributed by atoms with Crippen molar-refractivity contribution in [2.75, 3.05) is 26.2 Å². The van der Waals surface area contributed by atoms with E-state index in [4.69, 9.17) is 0 Å². The van der Waals surface area contributed by atoms with Crippen molar-refractivity contribution >= 4 is 27.5 Å². The normalized spacial score (nSPS) is 11.8. The quantitative estimate of drug-likeness (QED) is 0.120. The third-order valence-corrected chi connectivity index (χ3v) is 9.73. The maximum absolute atomic E-state index is 14.2. The van der Waals surface area contributed by atoms with Crippen molar-refractivity contribution < 1.29 is 22.4 Å². The minimum atomic E-state index is -4.40. The average molecular weight is 679 g/mol. The van der Waals surface area contributed by atoms with Gasteiger partial charge >= 0.3 is 6.18 Å². The zero-order valence-electron chi connectivity index (χ0n) is 27.2. The number of halogens is 4. The first-order valence-electron chi connectivity index (χ1n) is 16.0. The van der Waals surface area contributed by atoms with Gasteiger partial charge in [0.05, 0.1) is 10.9 Å². The summed E-state index contributed by atoms with van der Waals surface area (Å²) in [6, 6.07) is 18.7. The van der Waals surface area contributed by atoms with Crippen LogP contribution < -0.4 is 5.56 Å². The first-order chi connectivity index (χ1) is 23.0. The number of nitrogens with zero attached hydrogens (tertiary/aromatic N) is 4. The van der Waals surface area contributed by atoms with E-state index in [1.54, 1.807) is 17.0 Å². The van der Waals surface area contributed by atoms with Gasteiger partial charge in [-0.1, -0.05) is 62.4 Å². The van der Waals surface area contributed by atoms with Crippen molar-refractivity contribution in [2.24, 2.45) is 0 Å². The summed E-state index contributed by atoms with van der Waals surface area (Å²) in [5.41, 5.74) is 3.00. The monoisotopic (exact) mass is 678 g/mol. The van der Waals surface area contributed by atoms with Crippen LogP contribution in [0.1, 0.15) is 41.9 Å². The molecule has 0 saturated heterocycles. The molecule has 2 heterocycles. The van der Waals surface area contributed by atoms with Crippen LogP contribution in [0.5, 0.6) is 0 Å². The number of rotatable bonds is 13. The van der Waals surface area contributed by atoms with Gasteiger partial charge in [-0.2, -0.15) is 18.2 Å². The summed E-state index contributed by atoms with van der Waals surface area (Å²) < 4.78 is 54.4. The van der Waals surface area contributed by atoms with E-state index >= 15 is 0 Å². The predicted molar refractivity (Wildman–Crippen MR) is 183 cm³/mol. The Labute approximate surface area is 281 Å². The highest BCUT2D eigenvalue weighted by Crippen LogP contribution is 2.31. The zero-order chi connectivity index (χ0) is 34.4. The molecule has 0 aliphatic carbocycles. The van der Waals surface area contributed by atoms with Gasteiger partial charge < -0.3 is 14.4 Å². The molecule has 0 unspecified atom stereocenters. The number of aromatic nitrogens is 2. The fraction of sp³-hybridized carbons (Fsp3) is 0.324. The fourth-order valence-corrected chi connectivity index (χ4v) is 6.77. The van der Waals surface area contributed by atoms with E-state index < -0.39 is 11.7 Å². The van der Waals surface area contributed by atoms with E-state index in [1.165, 1.54) is 35.6 Å². The molecule has 0 fully saturated rings. The Bertz CT molecular complexity index is 1900. The van der Waals surface area contributed by atoms with Gasteiger partial charge in [0.2, 0.25) is 5.91 Å². The molecule has 0 aliphatic heterocycles. The van der Waals surface area contributed by atoms with Gasteiger partial charge in [-0.25, -0.2) is 4.39 Å². The molecule has 5 aromatic rings. The van der Waals surface area contributed by atoms with E-state index in [1.807, 2.05) is 41.1 Å². The van der Waals surface area contributed by atoms with Gasteiger partial charge in [0.1, 0.15) is 23.0 Å². The SMILES string of the molecule is CCN(CC)CCN(Cc1ccc(-c2ccc(C(F)(F)F)cc2)cc1)C(=O)Cn1c(CCc2ccc(F)cc2)nc(=O)c2c(C)csc21. The summed E-state index contributed by atoms with van der Waals surface area (Å²) in [5, 5.41) is 2.40. The Morgan fingerprint density at radius 2 is 1.46 bits per heavy atom. The lowest BCUT2D eigenvalue weighted by Crippen LogP contribution is -2.40. The summed E-state index contributed by atoms with van der Waals surface area (Å²) >= 11 is 1.41. The van der Waals surface area contributed by atoms with Gasteiger partial charge in [0, 0.05) is 26.1 Å². The summed E-state index contributed by atoms with van der Waals surface area (Å²) in [6.07, 6.45) is -3.48. The van der Waals surface area contributed by atoms with Crippen LogP contribution in [0.3, 0.4) is 0 Å². The first-order valence-corrected chi connectivity index (χ1v) is 16.8. The second-order valence-corrected chi connectivity index (χ2v) is 12.6. The van der Waals surface area contributed by atoms with Gasteiger partial charge in [0.25, 0.3) is 5.56 Å². The Hall–Kier alpha value is -4.35. The molecule has 0 atom stereocenters. The molecule has 0 bridgehead atoms. The Balaban J connectivity index is 1.41. The number of amides is 1. The summed E-state index contributed by atoms with van der Waals surface area (Å²) in [4.78, 5) is 36.4. The highest BCUT2D eigenvalue weighted by atomic mass is 32.1. The molecule has 6 nitrogen and oxygen atoms in total. The van der Waals surface area contributed by atoms with Crippen molar-refractivity contribution in [1.29, 1.82) is 0 Å². The molecule has 5 rings (SSSR count). The lowest BCUT2D eigenvalue weighted by atomic mass is 10.0. The third kappa shape index (κ3) is 8.38. The van der Waals surface area contributed by atoms with Crippen molar-refractivity contribution in [2.45, 2.75) is 52.9 Å². The molecule has 11 heteroatoms. The van der Waals surface area contributed by atoms with E-state index in [-0.39, 0.29) is 23.8 Å². The van der Waals surface area contributed by atoms with E-state index in [2.05, 4.69) is 23.7 Å². The van der Waals surface area contributed by atoms with Crippen molar-refractivity contribution in [3.8, 4) is 11.1 Å². The maximum atomic E-state index is 14.2. The van der Waals surface area contributed by atoms with Crippen LogP contribution in [0.25, 0.3) is 21.3 Å². The molecule has 1 amide bonds. The van der Waals surface area contributed by atoms with Crippen LogP contribution in [0.2, 0.25) is 0 Å². The number of likely N-dealkylation sites (N-methyl/N-ethyl adjacent to an activating group) is 1. The second kappa shape index (κ2) is 15.3. The topological polar surface area (TPSA) is 58.4 Å². The number of hydrogen-bond acceptors (Lipinski definition) is 5. The highest BCUT2D eigenvalue weighted by Gasteiger charge is 2.30. The highest BCUT2D eigenvalue weighted by molar-refractivity contribution is 7.17. The van der Waals surface area contributed by atoms with Crippen LogP contribution in [0, 0.1) is 12.7 Å². The zero-order valence-corrected chi connectivity index (χ0v) is 28.0. The lowest BCUT2D eigenvalue weighted by molar-refractivity contribution is -0.137. The summed E-state index contributed by atoms with van der Waals surface area (Å²) in [5.74, 6) is 0.0420. The summed E-state index contributed by atoms with van der Waals surface area (Å²) in [7, 11) is 0. The molecule has 0 spiro atoms. The van der Waals surface area contributed by atoms with Crippen molar-refractivity contribution in [1.82, 2.24) is 19.4 Å². The van der Waals surface area contributed by atoms with Crippen molar-refractivity contribution in [3.05, 3.63) is 122 Å². The number of carbonyl (C=O) groups is 1. The number of alkyl halides is 3. The van der Waals surface area contributed by atoms with Crippen LogP contribution in [0.4, 0.5) is 17.6 Å². The van der Waals surface area contributed by atoms with Crippen molar-refractivity contribution in [3.63, 3.8) is 0 Å². The predicted octanol–water partition coefficient (Wildman–Crippen LogP) is 7.75. The van der Waals surface area contributed by atoms with E-state index in [0.29, 0.717) is 54.1 Å². The molecule has 0 saturated carbocycles. The number of benzene rings is 3. The average Bonchev–Trinajstić information content (AvgIpc) is 3.47. The summed E-state index contributed by atoms with van der Waals surface area (Å²) in [6.45, 7) is 9.16. The molecule has 2 aromatic heterocycles. The van der Waals surface area contributed by atoms with Crippen LogP contribution in [0.15, 0.2) is 83.0 Å². The lowest BCUT2D eigenvalue weighted by Gasteiger charge is -2.27. The minimum Gasteiger partial charge on any atom is -0.336 e. The van der Waals surface area contributed by atoms with Gasteiger partial charge in [0.15, 0.2) is 0 Å². The smallest absolute Gasteiger partial charge is 0.336 e. The molecule has 252 valence electrons. The molecule has 3 aromatic carbocycles. The Morgan fingerprint density at radius 1 is 0.854 bits per heavy atom. The number of hydrogen-bond donors (Lipinski definition) is 0. The van der Waals surface area contributed by atoms with Gasteiger partial charge in [-0.15, -0.1) is 11.3 Å². The second-order valence-electron chi connectivity index (χ2n) is 11.8. The molecule has 48 heavy (non-hydrogen) atoms. The molecule has 0 radical (unpaired) electrons. The molecule has 0 aliphatic rings. The number of thiophene rings is 1. The molecular formula is C37H38F4N4O2S. The van der Waals surface area contributed by atoms with Crippen LogP contribution >= 0.6 is 11.3 Å². The van der Waals surface area contributed by atoms with Crippen LogP contribution in [-0.4, -0.2) is 51.4 Å². The maximum Gasteiger partial charge on any atom is 0.416 e. The molecular weight excluding hydrogens is 640 g/mol. The van der Waals surface area contributed by atoms with E-state index in [0.717, 1.165) is 47.5 Å². The van der Waals surface area contributed by atoms with E-state index in [9.17, 15) is 27.2 Å². The largest absolute Gasteiger partial charge is 0.416 e. The third-order valence-electron chi connectivity index (χ3n) is 8.61. The Morgan fingerprint density at radius 3 is 2.06 bits per heavy atom. The fourth-order valence-electron chi connectivity index (χ4n) is 5.71. The van der Waals surface area contributed by atoms with Crippen LogP contribution in [-0.2, 0) is 36.9 Å². The number of carbonyl (C=O) groups excluding carboxylic acids is 1. The van der Waals surface area contributed by atoms with Gasteiger partial charge in [-0.05, 0) is 83.9 Å².